The third-order valence-electron chi connectivity index (χ3n) is 5.49. The summed E-state index contributed by atoms with van der Waals surface area (Å²) in [7, 11) is 1.63. The van der Waals surface area contributed by atoms with Gasteiger partial charge in [0.05, 0.1) is 18.8 Å². The van der Waals surface area contributed by atoms with Gasteiger partial charge in [0, 0.05) is 35.1 Å². The van der Waals surface area contributed by atoms with E-state index < -0.39 is 0 Å². The summed E-state index contributed by atoms with van der Waals surface area (Å²) >= 11 is 6.07. The summed E-state index contributed by atoms with van der Waals surface area (Å²) in [5.74, 6) is 0.671. The minimum Gasteiger partial charge on any atom is -0.497 e. The van der Waals surface area contributed by atoms with Gasteiger partial charge in [-0.2, -0.15) is 5.10 Å². The number of aromatic amines is 1. The van der Waals surface area contributed by atoms with E-state index in [1.165, 1.54) is 0 Å². The second-order valence-electron chi connectivity index (χ2n) is 7.34. The van der Waals surface area contributed by atoms with Gasteiger partial charge in [-0.25, -0.2) is 0 Å². The van der Waals surface area contributed by atoms with Crippen LogP contribution in [0.2, 0.25) is 5.02 Å². The smallest absolute Gasteiger partial charge is 0.273 e. The molecule has 3 heterocycles. The highest BCUT2D eigenvalue weighted by Gasteiger charge is 2.42. The fourth-order valence-corrected chi connectivity index (χ4v) is 4.13. The highest BCUT2D eigenvalue weighted by Crippen LogP contribution is 2.43. The van der Waals surface area contributed by atoms with E-state index in [-0.39, 0.29) is 11.9 Å². The van der Waals surface area contributed by atoms with Gasteiger partial charge in [-0.1, -0.05) is 41.9 Å². The molecule has 2 aromatic carbocycles. The van der Waals surface area contributed by atoms with Crippen molar-refractivity contribution in [3.63, 3.8) is 0 Å². The Bertz CT molecular complexity index is 1220. The molecule has 4 aromatic rings. The molecule has 0 radical (unpaired) electrons. The van der Waals surface area contributed by atoms with Gasteiger partial charge in [0.1, 0.15) is 11.4 Å². The SMILES string of the molecule is COc1ccc(C2c3c(-c4ccc(Cl)cc4)n[nH]c3C(=O)N2Cc2cccnc2)cc1. The molecule has 7 heteroatoms. The van der Waals surface area contributed by atoms with Crippen molar-refractivity contribution < 1.29 is 9.53 Å². The molecule has 0 saturated heterocycles. The molecular weight excluding hydrogens is 412 g/mol. The zero-order valence-electron chi connectivity index (χ0n) is 16.7. The second-order valence-corrected chi connectivity index (χ2v) is 7.77. The lowest BCUT2D eigenvalue weighted by Gasteiger charge is -2.26. The third kappa shape index (κ3) is 3.45. The molecule has 5 rings (SSSR count). The van der Waals surface area contributed by atoms with Crippen LogP contribution < -0.4 is 4.74 Å². The average molecular weight is 431 g/mol. The molecule has 0 spiro atoms. The number of rotatable bonds is 5. The predicted octanol–water partition coefficient (Wildman–Crippen LogP) is 4.88. The minimum atomic E-state index is -0.293. The number of pyridine rings is 1. The first kappa shape index (κ1) is 19.3. The first-order valence-corrected chi connectivity index (χ1v) is 10.2. The number of fused-ring (bicyclic) bond motifs is 1. The number of hydrogen-bond donors (Lipinski definition) is 1. The van der Waals surface area contributed by atoms with E-state index in [9.17, 15) is 4.79 Å². The number of halogens is 1. The average Bonchev–Trinajstić information content (AvgIpc) is 3.35. The van der Waals surface area contributed by atoms with Crippen molar-refractivity contribution in [1.29, 1.82) is 0 Å². The van der Waals surface area contributed by atoms with Crippen molar-refractivity contribution in [3.8, 4) is 17.0 Å². The number of methoxy groups -OCH3 is 1. The van der Waals surface area contributed by atoms with Crippen molar-refractivity contribution in [2.75, 3.05) is 7.11 Å². The van der Waals surface area contributed by atoms with Crippen LogP contribution >= 0.6 is 11.6 Å². The Labute approximate surface area is 184 Å². The number of aromatic nitrogens is 3. The van der Waals surface area contributed by atoms with Gasteiger partial charge in [-0.15, -0.1) is 0 Å². The van der Waals surface area contributed by atoms with Gasteiger partial charge < -0.3 is 9.64 Å². The van der Waals surface area contributed by atoms with E-state index in [1.54, 1.807) is 19.5 Å². The molecule has 0 saturated carbocycles. The Balaban J connectivity index is 1.63. The Kier molecular flexibility index (Phi) is 4.92. The van der Waals surface area contributed by atoms with Crippen molar-refractivity contribution in [1.82, 2.24) is 20.1 Å². The van der Waals surface area contributed by atoms with Crippen LogP contribution in [0, 0.1) is 0 Å². The molecule has 1 unspecified atom stereocenters. The van der Waals surface area contributed by atoms with E-state index >= 15 is 0 Å². The topological polar surface area (TPSA) is 71.1 Å². The lowest BCUT2D eigenvalue weighted by Crippen LogP contribution is -2.29. The van der Waals surface area contributed by atoms with Crippen molar-refractivity contribution >= 4 is 17.5 Å². The third-order valence-corrected chi connectivity index (χ3v) is 5.74. The summed E-state index contributed by atoms with van der Waals surface area (Å²) in [6, 6.07) is 18.8. The van der Waals surface area contributed by atoms with Gasteiger partial charge in [0.15, 0.2) is 0 Å². The lowest BCUT2D eigenvalue weighted by molar-refractivity contribution is 0.0730. The Hall–Kier alpha value is -3.64. The second kappa shape index (κ2) is 7.89. The van der Waals surface area contributed by atoms with Gasteiger partial charge >= 0.3 is 0 Å². The van der Waals surface area contributed by atoms with Crippen LogP contribution in [0.4, 0.5) is 0 Å². The number of nitrogens with zero attached hydrogens (tertiary/aromatic N) is 3. The molecule has 1 atom stereocenters. The van der Waals surface area contributed by atoms with Crippen LogP contribution in [0.25, 0.3) is 11.3 Å². The van der Waals surface area contributed by atoms with Gasteiger partial charge in [0.25, 0.3) is 5.91 Å². The molecular formula is C24H19ClN4O2. The lowest BCUT2D eigenvalue weighted by atomic mass is 9.96. The molecule has 0 aliphatic carbocycles. The van der Waals surface area contributed by atoms with Crippen LogP contribution in [0.15, 0.2) is 73.1 Å². The van der Waals surface area contributed by atoms with E-state index in [0.717, 1.165) is 33.7 Å². The monoisotopic (exact) mass is 430 g/mol. The highest BCUT2D eigenvalue weighted by atomic mass is 35.5. The zero-order valence-corrected chi connectivity index (χ0v) is 17.5. The summed E-state index contributed by atoms with van der Waals surface area (Å²) in [6.45, 7) is 0.436. The van der Waals surface area contributed by atoms with Crippen molar-refractivity contribution in [3.05, 3.63) is 100 Å². The number of carbonyl (C=O) groups is 1. The van der Waals surface area contributed by atoms with Crippen LogP contribution in [-0.2, 0) is 6.54 Å². The molecule has 0 bridgehead atoms. The molecule has 1 aliphatic rings. The summed E-state index contributed by atoms with van der Waals surface area (Å²) in [4.78, 5) is 19.4. The van der Waals surface area contributed by atoms with Crippen LogP contribution in [0.3, 0.4) is 0 Å². The molecule has 0 fully saturated rings. The summed E-state index contributed by atoms with van der Waals surface area (Å²) in [5, 5.41) is 8.11. The highest BCUT2D eigenvalue weighted by molar-refractivity contribution is 6.30. The number of benzene rings is 2. The Morgan fingerprint density at radius 2 is 1.87 bits per heavy atom. The Morgan fingerprint density at radius 3 is 2.55 bits per heavy atom. The summed E-state index contributed by atoms with van der Waals surface area (Å²) < 4.78 is 5.31. The fraction of sp³-hybridized carbons (Fsp3) is 0.125. The van der Waals surface area contributed by atoms with Gasteiger partial charge in [-0.05, 0) is 41.5 Å². The standard InChI is InChI=1S/C24H19ClN4O2/c1-31-19-10-6-17(7-11-19)23-20-21(16-4-8-18(25)9-5-16)27-28-22(20)24(30)29(23)14-15-3-2-12-26-13-15/h2-13,23H,14H2,1H3,(H,27,28). The maximum Gasteiger partial charge on any atom is 0.273 e. The number of carbonyl (C=O) groups excluding carboxylic acids is 1. The maximum absolute atomic E-state index is 13.4. The van der Waals surface area contributed by atoms with Crippen LogP contribution in [0.5, 0.6) is 5.75 Å². The van der Waals surface area contributed by atoms with E-state index in [4.69, 9.17) is 16.3 Å². The van der Waals surface area contributed by atoms with Crippen LogP contribution in [-0.4, -0.2) is 33.1 Å². The molecule has 154 valence electrons. The van der Waals surface area contributed by atoms with Crippen molar-refractivity contribution in [2.45, 2.75) is 12.6 Å². The number of ether oxygens (including phenoxy) is 1. The maximum atomic E-state index is 13.4. The summed E-state index contributed by atoms with van der Waals surface area (Å²) in [6.07, 6.45) is 3.50. The van der Waals surface area contributed by atoms with Gasteiger partial charge in [-0.3, -0.25) is 14.9 Å². The van der Waals surface area contributed by atoms with Gasteiger partial charge in [0.2, 0.25) is 0 Å². The number of H-pyrrole nitrogens is 1. The quantitative estimate of drug-likeness (QED) is 0.490. The molecule has 6 nitrogen and oxygen atoms in total. The van der Waals surface area contributed by atoms with Crippen molar-refractivity contribution in [2.24, 2.45) is 0 Å². The summed E-state index contributed by atoms with van der Waals surface area (Å²) in [5.41, 5.74) is 4.95. The van der Waals surface area contributed by atoms with Crippen LogP contribution in [0.1, 0.15) is 33.2 Å². The first-order chi connectivity index (χ1) is 15.2. The minimum absolute atomic E-state index is 0.0904. The molecule has 1 N–H and O–H groups in total. The van der Waals surface area contributed by atoms with E-state index in [1.807, 2.05) is 65.6 Å². The fourth-order valence-electron chi connectivity index (χ4n) is 4.01. The largest absolute Gasteiger partial charge is 0.497 e. The predicted molar refractivity (Wildman–Crippen MR) is 118 cm³/mol. The number of nitrogens with one attached hydrogen (secondary N) is 1. The zero-order chi connectivity index (χ0) is 21.4. The molecule has 1 aliphatic heterocycles. The molecule has 2 aromatic heterocycles. The number of hydrogen-bond acceptors (Lipinski definition) is 4. The Morgan fingerprint density at radius 1 is 1.10 bits per heavy atom. The first-order valence-electron chi connectivity index (χ1n) is 9.83. The van der Waals surface area contributed by atoms with E-state index in [2.05, 4.69) is 15.2 Å². The molecule has 1 amide bonds. The number of amides is 1. The van der Waals surface area contributed by atoms with E-state index in [0.29, 0.717) is 17.3 Å². The molecule has 31 heavy (non-hydrogen) atoms. The normalized spacial score (nSPS) is 15.2.